The van der Waals surface area contributed by atoms with E-state index >= 15 is 0 Å². The van der Waals surface area contributed by atoms with Gasteiger partial charge in [-0.3, -0.25) is 4.90 Å². The lowest BCUT2D eigenvalue weighted by molar-refractivity contribution is -0.0112. The first-order valence-corrected chi connectivity index (χ1v) is 8.88. The van der Waals surface area contributed by atoms with Crippen LogP contribution in [0.25, 0.3) is 0 Å². The van der Waals surface area contributed by atoms with Gasteiger partial charge < -0.3 is 10.2 Å². The maximum atomic E-state index is 3.81. The van der Waals surface area contributed by atoms with Crippen molar-refractivity contribution in [2.75, 3.05) is 26.7 Å². The number of nitrogens with one attached hydrogen (secondary N) is 1. The molecule has 0 aromatic heterocycles. The highest BCUT2D eigenvalue weighted by molar-refractivity contribution is 4.99. The van der Waals surface area contributed by atoms with Crippen molar-refractivity contribution in [1.29, 1.82) is 0 Å². The Balaban J connectivity index is 1.67. The molecule has 0 saturated carbocycles. The third-order valence-corrected chi connectivity index (χ3v) is 6.59. The zero-order valence-corrected chi connectivity index (χ0v) is 13.7. The first kappa shape index (κ1) is 14.8. The number of hydrogen-bond donors (Lipinski definition) is 1. The molecule has 3 heteroatoms. The Morgan fingerprint density at radius 2 is 1.70 bits per heavy atom. The topological polar surface area (TPSA) is 18.5 Å². The average molecular weight is 279 g/mol. The molecule has 3 aliphatic heterocycles. The summed E-state index contributed by atoms with van der Waals surface area (Å²) >= 11 is 0. The van der Waals surface area contributed by atoms with Crippen molar-refractivity contribution in [3.8, 4) is 0 Å². The minimum Gasteiger partial charge on any atom is -0.309 e. The predicted octanol–water partition coefficient (Wildman–Crippen LogP) is 2.47. The number of piperidine rings is 2. The maximum absolute atomic E-state index is 3.81. The fourth-order valence-corrected chi connectivity index (χ4v) is 4.91. The number of rotatable bonds is 3. The van der Waals surface area contributed by atoms with Crippen LogP contribution in [-0.2, 0) is 0 Å². The normalized spacial score (nSPS) is 38.9. The first-order valence-electron chi connectivity index (χ1n) is 8.88. The minimum atomic E-state index is 0.386. The summed E-state index contributed by atoms with van der Waals surface area (Å²) in [5, 5.41) is 3.81. The van der Waals surface area contributed by atoms with Gasteiger partial charge in [-0.1, -0.05) is 20.3 Å². The van der Waals surface area contributed by atoms with Crippen LogP contribution < -0.4 is 5.32 Å². The molecule has 3 saturated heterocycles. The van der Waals surface area contributed by atoms with Gasteiger partial charge in [0.05, 0.1) is 0 Å². The van der Waals surface area contributed by atoms with Crippen molar-refractivity contribution >= 4 is 0 Å². The lowest BCUT2D eigenvalue weighted by atomic mass is 9.80. The molecule has 3 aliphatic rings. The number of hydrogen-bond acceptors (Lipinski definition) is 3. The van der Waals surface area contributed by atoms with Gasteiger partial charge in [0.1, 0.15) is 0 Å². The van der Waals surface area contributed by atoms with Crippen LogP contribution in [-0.4, -0.2) is 60.1 Å². The van der Waals surface area contributed by atoms with Gasteiger partial charge in [0.15, 0.2) is 0 Å². The van der Waals surface area contributed by atoms with E-state index in [1.807, 2.05) is 0 Å². The van der Waals surface area contributed by atoms with Gasteiger partial charge >= 0.3 is 0 Å². The molecule has 3 fully saturated rings. The van der Waals surface area contributed by atoms with Crippen LogP contribution in [0.2, 0.25) is 0 Å². The van der Waals surface area contributed by atoms with Gasteiger partial charge in [0.25, 0.3) is 0 Å². The van der Waals surface area contributed by atoms with E-state index in [0.717, 1.165) is 18.1 Å². The Hall–Kier alpha value is -0.120. The highest BCUT2D eigenvalue weighted by Crippen LogP contribution is 2.36. The van der Waals surface area contributed by atoms with Crippen LogP contribution in [0.5, 0.6) is 0 Å². The monoisotopic (exact) mass is 279 g/mol. The molecule has 0 aliphatic carbocycles. The van der Waals surface area contributed by atoms with Gasteiger partial charge in [-0.15, -0.1) is 0 Å². The molecule has 3 heterocycles. The summed E-state index contributed by atoms with van der Waals surface area (Å²) in [6, 6.07) is 2.57. The van der Waals surface area contributed by atoms with Gasteiger partial charge in [-0.25, -0.2) is 0 Å². The number of piperazine rings is 1. The minimum absolute atomic E-state index is 0.386. The van der Waals surface area contributed by atoms with Crippen LogP contribution in [0.15, 0.2) is 0 Å². The lowest BCUT2D eigenvalue weighted by Gasteiger charge is -2.53. The largest absolute Gasteiger partial charge is 0.309 e. The fraction of sp³-hybridized carbons (Fsp3) is 1.00. The smallest absolute Gasteiger partial charge is 0.0304 e. The van der Waals surface area contributed by atoms with E-state index in [1.165, 1.54) is 64.6 Å². The fourth-order valence-electron chi connectivity index (χ4n) is 4.91. The summed E-state index contributed by atoms with van der Waals surface area (Å²) in [5.41, 5.74) is 0.386. The molecule has 1 N–H and O–H groups in total. The molecule has 3 nitrogen and oxygen atoms in total. The Morgan fingerprint density at radius 3 is 2.30 bits per heavy atom. The van der Waals surface area contributed by atoms with E-state index in [4.69, 9.17) is 0 Å². The number of fused-ring (bicyclic) bond motifs is 2. The van der Waals surface area contributed by atoms with Gasteiger partial charge in [0, 0.05) is 43.3 Å². The second kappa shape index (κ2) is 5.94. The van der Waals surface area contributed by atoms with Crippen molar-refractivity contribution in [2.45, 2.75) is 82.5 Å². The molecule has 20 heavy (non-hydrogen) atoms. The van der Waals surface area contributed by atoms with Gasteiger partial charge in [0.2, 0.25) is 0 Å². The maximum Gasteiger partial charge on any atom is 0.0304 e. The molecule has 2 bridgehead atoms. The molecule has 116 valence electrons. The first-order chi connectivity index (χ1) is 9.67. The molecule has 0 amide bonds. The third-order valence-electron chi connectivity index (χ3n) is 6.59. The molecule has 0 aromatic rings. The van der Waals surface area contributed by atoms with Crippen LogP contribution in [0.3, 0.4) is 0 Å². The molecule has 0 radical (unpaired) electrons. The Kier molecular flexibility index (Phi) is 4.40. The van der Waals surface area contributed by atoms with Crippen molar-refractivity contribution in [3.63, 3.8) is 0 Å². The molecule has 3 rings (SSSR count). The molecular formula is C17H33N3. The highest BCUT2D eigenvalue weighted by atomic mass is 15.3. The summed E-state index contributed by atoms with van der Waals surface area (Å²) < 4.78 is 0. The molecule has 0 spiro atoms. The number of nitrogens with zero attached hydrogens (tertiary/aromatic N) is 2. The molecule has 2 atom stereocenters. The zero-order chi connectivity index (χ0) is 14.2. The highest BCUT2D eigenvalue weighted by Gasteiger charge is 2.41. The standard InChI is InChI=1S/C17H33N3/c1-4-17(5-2)13-20(10-9-18-17)16-11-14-7-6-8-15(12-16)19(14)3/h14-16,18H,4-13H2,1-3H3. The van der Waals surface area contributed by atoms with E-state index in [0.29, 0.717) is 5.54 Å². The summed E-state index contributed by atoms with van der Waals surface area (Å²) in [7, 11) is 2.37. The Labute approximate surface area is 125 Å². The summed E-state index contributed by atoms with van der Waals surface area (Å²) in [5.74, 6) is 0. The predicted molar refractivity (Wildman–Crippen MR) is 85.1 cm³/mol. The van der Waals surface area contributed by atoms with Crippen molar-refractivity contribution < 1.29 is 0 Å². The van der Waals surface area contributed by atoms with E-state index in [2.05, 4.69) is 36.0 Å². The van der Waals surface area contributed by atoms with Crippen molar-refractivity contribution in [1.82, 2.24) is 15.1 Å². The molecule has 2 unspecified atom stereocenters. The van der Waals surface area contributed by atoms with Crippen LogP contribution in [0, 0.1) is 0 Å². The van der Waals surface area contributed by atoms with E-state index in [-0.39, 0.29) is 0 Å². The third kappa shape index (κ3) is 2.65. The van der Waals surface area contributed by atoms with Gasteiger partial charge in [-0.2, -0.15) is 0 Å². The SMILES string of the molecule is CCC1(CC)CN(C2CC3CCCC(C2)N3C)CCN1. The van der Waals surface area contributed by atoms with E-state index in [1.54, 1.807) is 0 Å². The van der Waals surface area contributed by atoms with Crippen LogP contribution >= 0.6 is 0 Å². The zero-order valence-electron chi connectivity index (χ0n) is 13.7. The average Bonchev–Trinajstić information content (AvgIpc) is 2.47. The summed E-state index contributed by atoms with van der Waals surface area (Å²) in [6.45, 7) is 8.42. The molecule has 0 aromatic carbocycles. The second-order valence-corrected chi connectivity index (χ2v) is 7.41. The van der Waals surface area contributed by atoms with Crippen molar-refractivity contribution in [2.24, 2.45) is 0 Å². The lowest BCUT2D eigenvalue weighted by Crippen LogP contribution is -2.64. The summed E-state index contributed by atoms with van der Waals surface area (Å²) in [4.78, 5) is 5.52. The van der Waals surface area contributed by atoms with E-state index < -0.39 is 0 Å². The summed E-state index contributed by atoms with van der Waals surface area (Å²) in [6.07, 6.45) is 9.68. The van der Waals surface area contributed by atoms with E-state index in [9.17, 15) is 0 Å². The van der Waals surface area contributed by atoms with Gasteiger partial charge in [-0.05, 0) is 45.6 Å². The Morgan fingerprint density at radius 1 is 1.05 bits per heavy atom. The quantitative estimate of drug-likeness (QED) is 0.856. The van der Waals surface area contributed by atoms with Crippen LogP contribution in [0.1, 0.15) is 58.8 Å². The molecular weight excluding hydrogens is 246 g/mol. The second-order valence-electron chi connectivity index (χ2n) is 7.41. The van der Waals surface area contributed by atoms with Crippen molar-refractivity contribution in [3.05, 3.63) is 0 Å². The van der Waals surface area contributed by atoms with Crippen LogP contribution in [0.4, 0.5) is 0 Å². The Bertz CT molecular complexity index is 312.